The highest BCUT2D eigenvalue weighted by Gasteiger charge is 2.18. The molecule has 3 aromatic rings. The van der Waals surface area contributed by atoms with Crippen molar-refractivity contribution in [3.63, 3.8) is 0 Å². The summed E-state index contributed by atoms with van der Waals surface area (Å²) in [6.45, 7) is 2.13. The van der Waals surface area contributed by atoms with Gasteiger partial charge in [0.15, 0.2) is 5.11 Å². The van der Waals surface area contributed by atoms with Gasteiger partial charge in [0.05, 0.1) is 12.1 Å². The first-order valence-corrected chi connectivity index (χ1v) is 11.0. The highest BCUT2D eigenvalue weighted by Crippen LogP contribution is 2.26. The van der Waals surface area contributed by atoms with Crippen molar-refractivity contribution in [2.45, 2.75) is 44.8 Å². The molecule has 0 aliphatic heterocycles. The summed E-state index contributed by atoms with van der Waals surface area (Å²) < 4.78 is 6.05. The third-order valence-corrected chi connectivity index (χ3v) is 5.84. The lowest BCUT2D eigenvalue weighted by atomic mass is 9.95. The van der Waals surface area contributed by atoms with E-state index in [9.17, 15) is 0 Å². The van der Waals surface area contributed by atoms with Crippen molar-refractivity contribution in [1.29, 1.82) is 0 Å². The van der Waals surface area contributed by atoms with E-state index in [0.29, 0.717) is 11.2 Å². The summed E-state index contributed by atoms with van der Waals surface area (Å²) in [4.78, 5) is 0. The molecule has 3 aromatic carbocycles. The molecule has 1 unspecified atom stereocenters. The zero-order valence-corrected chi connectivity index (χ0v) is 18.1. The van der Waals surface area contributed by atoms with Crippen LogP contribution in [0.25, 0.3) is 0 Å². The van der Waals surface area contributed by atoms with E-state index < -0.39 is 0 Å². The first kappa shape index (κ1) is 20.4. The third kappa shape index (κ3) is 5.19. The van der Waals surface area contributed by atoms with E-state index in [1.807, 2.05) is 30.3 Å². The highest BCUT2D eigenvalue weighted by molar-refractivity contribution is 7.80. The molecule has 154 valence electrons. The molecule has 2 N–H and O–H groups in total. The molecule has 1 atom stereocenters. The number of thiocarbonyl (C=S) groups is 1. The molecule has 1 aliphatic rings. The van der Waals surface area contributed by atoms with Crippen LogP contribution in [0.2, 0.25) is 0 Å². The second-order valence-corrected chi connectivity index (χ2v) is 8.26. The van der Waals surface area contributed by atoms with E-state index in [0.717, 1.165) is 24.3 Å². The van der Waals surface area contributed by atoms with Crippen LogP contribution in [-0.4, -0.2) is 11.2 Å². The summed E-state index contributed by atoms with van der Waals surface area (Å²) in [6, 6.07) is 26.9. The minimum atomic E-state index is -0.0163. The smallest absolute Gasteiger partial charge is 0.171 e. The molecule has 0 bridgehead atoms. The van der Waals surface area contributed by atoms with Gasteiger partial charge in [0.25, 0.3) is 0 Å². The number of anilines is 1. The zero-order valence-electron chi connectivity index (χ0n) is 17.3. The maximum absolute atomic E-state index is 6.05. The lowest BCUT2D eigenvalue weighted by molar-refractivity contribution is 0.210. The van der Waals surface area contributed by atoms with Crippen molar-refractivity contribution in [2.24, 2.45) is 0 Å². The minimum Gasteiger partial charge on any atom is -0.490 e. The number of nitrogens with one attached hydrogen (secondary N) is 2. The Hall–Kier alpha value is -2.85. The molecule has 4 heteroatoms. The summed E-state index contributed by atoms with van der Waals surface area (Å²) in [6.07, 6.45) is 5.23. The minimum absolute atomic E-state index is 0.0163. The lowest BCUT2D eigenvalue weighted by Crippen LogP contribution is -2.33. The zero-order chi connectivity index (χ0) is 20.8. The molecule has 0 heterocycles. The molecule has 1 saturated carbocycles. The Morgan fingerprint density at radius 2 is 1.57 bits per heavy atom. The van der Waals surface area contributed by atoms with Crippen LogP contribution in [0, 0.1) is 6.92 Å². The second kappa shape index (κ2) is 9.77. The molecule has 0 amide bonds. The summed E-state index contributed by atoms with van der Waals surface area (Å²) in [5.41, 5.74) is 4.57. The van der Waals surface area contributed by atoms with E-state index in [-0.39, 0.29) is 6.04 Å². The van der Waals surface area contributed by atoms with Crippen LogP contribution in [0.3, 0.4) is 0 Å². The molecule has 4 rings (SSSR count). The Labute approximate surface area is 184 Å². The molecule has 1 aliphatic carbocycles. The van der Waals surface area contributed by atoms with Gasteiger partial charge >= 0.3 is 0 Å². The first-order chi connectivity index (χ1) is 14.7. The number of rotatable bonds is 6. The van der Waals surface area contributed by atoms with Crippen molar-refractivity contribution in [2.75, 3.05) is 5.32 Å². The van der Waals surface area contributed by atoms with Gasteiger partial charge in [-0.15, -0.1) is 0 Å². The fourth-order valence-electron chi connectivity index (χ4n) is 4.01. The van der Waals surface area contributed by atoms with E-state index in [4.69, 9.17) is 17.0 Å². The lowest BCUT2D eigenvalue weighted by Gasteiger charge is -2.23. The number of ether oxygens (including phenoxy) is 1. The van der Waals surface area contributed by atoms with E-state index >= 15 is 0 Å². The molecule has 30 heavy (non-hydrogen) atoms. The maximum atomic E-state index is 6.05. The predicted octanol–water partition coefficient (Wildman–Crippen LogP) is 6.39. The molecule has 0 saturated heterocycles. The Bertz CT molecular complexity index is 966. The van der Waals surface area contributed by atoms with E-state index in [1.54, 1.807) is 0 Å². The van der Waals surface area contributed by atoms with Crippen LogP contribution in [0.4, 0.5) is 5.69 Å². The largest absolute Gasteiger partial charge is 0.490 e. The number of benzene rings is 3. The molecular weight excluding hydrogens is 388 g/mol. The van der Waals surface area contributed by atoms with Gasteiger partial charge in [-0.05, 0) is 85.8 Å². The molecule has 0 radical (unpaired) electrons. The van der Waals surface area contributed by atoms with Crippen LogP contribution in [0.1, 0.15) is 48.4 Å². The van der Waals surface area contributed by atoms with E-state index in [1.165, 1.54) is 29.5 Å². The molecule has 0 spiro atoms. The predicted molar refractivity (Wildman–Crippen MR) is 128 cm³/mol. The van der Waals surface area contributed by atoms with Crippen molar-refractivity contribution >= 4 is 23.0 Å². The molecule has 0 aromatic heterocycles. The van der Waals surface area contributed by atoms with Gasteiger partial charge in [0.2, 0.25) is 0 Å². The SMILES string of the molecule is Cc1ccccc1C(NC(=S)Nc1ccc(OC2CCCC2)cc1)c1ccccc1. The number of hydrogen-bond acceptors (Lipinski definition) is 2. The van der Waals surface area contributed by atoms with Gasteiger partial charge in [-0.3, -0.25) is 0 Å². The van der Waals surface area contributed by atoms with Gasteiger partial charge in [0, 0.05) is 5.69 Å². The quantitative estimate of drug-likeness (QED) is 0.456. The summed E-state index contributed by atoms with van der Waals surface area (Å²) >= 11 is 5.65. The first-order valence-electron chi connectivity index (χ1n) is 10.6. The molecule has 1 fully saturated rings. The second-order valence-electron chi connectivity index (χ2n) is 7.85. The Morgan fingerprint density at radius 1 is 0.900 bits per heavy atom. The Balaban J connectivity index is 1.44. The average Bonchev–Trinajstić information content (AvgIpc) is 3.28. The van der Waals surface area contributed by atoms with Crippen molar-refractivity contribution in [3.8, 4) is 5.75 Å². The van der Waals surface area contributed by atoms with Gasteiger partial charge in [-0.25, -0.2) is 0 Å². The Kier molecular flexibility index (Phi) is 6.65. The molecular formula is C26H28N2OS. The van der Waals surface area contributed by atoms with Crippen LogP contribution in [0.5, 0.6) is 5.75 Å². The van der Waals surface area contributed by atoms with Gasteiger partial charge in [-0.1, -0.05) is 54.6 Å². The number of hydrogen-bond donors (Lipinski definition) is 2. The highest BCUT2D eigenvalue weighted by atomic mass is 32.1. The van der Waals surface area contributed by atoms with Crippen LogP contribution in [0.15, 0.2) is 78.9 Å². The van der Waals surface area contributed by atoms with Crippen molar-refractivity contribution in [3.05, 3.63) is 95.6 Å². The maximum Gasteiger partial charge on any atom is 0.171 e. The van der Waals surface area contributed by atoms with Gasteiger partial charge in [-0.2, -0.15) is 0 Å². The summed E-state index contributed by atoms with van der Waals surface area (Å²) in [5.74, 6) is 0.924. The third-order valence-electron chi connectivity index (χ3n) is 5.62. The monoisotopic (exact) mass is 416 g/mol. The van der Waals surface area contributed by atoms with Crippen molar-refractivity contribution in [1.82, 2.24) is 5.32 Å². The van der Waals surface area contributed by atoms with Crippen LogP contribution in [-0.2, 0) is 0 Å². The standard InChI is InChI=1S/C26H28N2OS/c1-19-9-5-8-14-24(19)25(20-10-3-2-4-11-20)28-26(30)27-21-15-17-23(18-16-21)29-22-12-6-7-13-22/h2-5,8-11,14-18,22,25H,6-7,12-13H2,1H3,(H2,27,28,30). The van der Waals surface area contributed by atoms with Crippen molar-refractivity contribution < 1.29 is 4.74 Å². The van der Waals surface area contributed by atoms with Crippen LogP contribution >= 0.6 is 12.2 Å². The van der Waals surface area contributed by atoms with Gasteiger partial charge in [0.1, 0.15) is 5.75 Å². The summed E-state index contributed by atoms with van der Waals surface area (Å²) in [7, 11) is 0. The van der Waals surface area contributed by atoms with E-state index in [2.05, 4.69) is 66.1 Å². The summed E-state index contributed by atoms with van der Waals surface area (Å²) in [5, 5.41) is 7.41. The van der Waals surface area contributed by atoms with Gasteiger partial charge < -0.3 is 15.4 Å². The topological polar surface area (TPSA) is 33.3 Å². The Morgan fingerprint density at radius 3 is 2.27 bits per heavy atom. The molecule has 3 nitrogen and oxygen atoms in total. The van der Waals surface area contributed by atoms with Crippen LogP contribution < -0.4 is 15.4 Å². The fourth-order valence-corrected chi connectivity index (χ4v) is 4.25. The average molecular weight is 417 g/mol. The fraction of sp³-hybridized carbons (Fsp3) is 0.269. The number of aryl methyl sites for hydroxylation is 1. The normalized spacial score (nSPS) is 14.8.